The van der Waals surface area contributed by atoms with Crippen molar-refractivity contribution in [3.63, 3.8) is 0 Å². The second-order valence-corrected chi connectivity index (χ2v) is 8.33. The van der Waals surface area contributed by atoms with Gasteiger partial charge >= 0.3 is 5.97 Å². The summed E-state index contributed by atoms with van der Waals surface area (Å²) in [5.74, 6) is -0.308. The molecule has 0 unspecified atom stereocenters. The number of likely N-dealkylation sites (N-methyl/N-ethyl adjacent to an activating group) is 1. The summed E-state index contributed by atoms with van der Waals surface area (Å²) in [4.78, 5) is 27.5. The summed E-state index contributed by atoms with van der Waals surface area (Å²) in [5, 5.41) is 13.1. The number of fused-ring (bicyclic) bond motifs is 1. The van der Waals surface area contributed by atoms with Crippen LogP contribution in [0.25, 0.3) is 0 Å². The van der Waals surface area contributed by atoms with Gasteiger partial charge in [0.05, 0.1) is 5.56 Å². The molecule has 1 aromatic rings. The van der Waals surface area contributed by atoms with Crippen LogP contribution < -0.4 is 5.32 Å². The zero-order chi connectivity index (χ0) is 17.8. The minimum Gasteiger partial charge on any atom is -0.478 e. The van der Waals surface area contributed by atoms with Crippen molar-refractivity contribution < 1.29 is 14.7 Å². The minimum atomic E-state index is -0.926. The van der Waals surface area contributed by atoms with E-state index >= 15 is 0 Å². The third-order valence-corrected chi connectivity index (χ3v) is 6.69. The lowest BCUT2D eigenvalue weighted by Gasteiger charge is -2.25. The smallest absolute Gasteiger partial charge is 0.339 e. The number of hydrogen-bond donors (Lipinski definition) is 2. The Hall–Kier alpha value is -1.40. The van der Waals surface area contributed by atoms with Crippen LogP contribution >= 0.6 is 11.3 Å². The van der Waals surface area contributed by atoms with Gasteiger partial charge in [-0.1, -0.05) is 39.0 Å². The van der Waals surface area contributed by atoms with Crippen molar-refractivity contribution in [3.05, 3.63) is 16.0 Å². The number of aromatic carboxylic acids is 1. The maximum atomic E-state index is 12.4. The van der Waals surface area contributed by atoms with Crippen molar-refractivity contribution in [1.29, 1.82) is 0 Å². The van der Waals surface area contributed by atoms with E-state index in [0.717, 1.165) is 42.9 Å². The Bertz CT molecular complexity index is 635. The summed E-state index contributed by atoms with van der Waals surface area (Å²) in [6.07, 6.45) is 8.50. The fourth-order valence-corrected chi connectivity index (χ4v) is 5.34. The molecule has 1 amide bonds. The van der Waals surface area contributed by atoms with Gasteiger partial charge in [0, 0.05) is 24.4 Å². The molecular weight excluding hydrogens is 336 g/mol. The number of carbonyl (C=O) groups excluding carboxylic acids is 1. The van der Waals surface area contributed by atoms with Gasteiger partial charge in [0.25, 0.3) is 0 Å². The number of amides is 1. The first kappa shape index (κ1) is 18.4. The number of carboxylic acids is 1. The Balaban J connectivity index is 1.66. The largest absolute Gasteiger partial charge is 0.478 e. The number of carboxylic acid groups (broad SMARTS) is 1. The van der Waals surface area contributed by atoms with Crippen molar-refractivity contribution >= 4 is 28.2 Å². The molecule has 138 valence electrons. The quantitative estimate of drug-likeness (QED) is 0.796. The molecule has 2 N–H and O–H groups in total. The molecule has 1 saturated carbocycles. The second-order valence-electron chi connectivity index (χ2n) is 7.22. The normalized spacial score (nSPS) is 18.8. The molecule has 5 nitrogen and oxygen atoms in total. The van der Waals surface area contributed by atoms with Crippen molar-refractivity contribution in [3.8, 4) is 0 Å². The van der Waals surface area contributed by atoms with E-state index in [4.69, 9.17) is 0 Å². The lowest BCUT2D eigenvalue weighted by Crippen LogP contribution is -2.29. The van der Waals surface area contributed by atoms with Gasteiger partial charge in [-0.25, -0.2) is 4.79 Å². The monoisotopic (exact) mass is 364 g/mol. The first-order valence-electron chi connectivity index (χ1n) is 9.48. The molecule has 0 radical (unpaired) electrons. The van der Waals surface area contributed by atoms with Crippen LogP contribution in [0.1, 0.15) is 72.7 Å². The number of anilines is 1. The fourth-order valence-electron chi connectivity index (χ4n) is 4.04. The SMILES string of the molecule is CCN1CCc2c(sc(NC(=O)CCC3CCCCC3)c2C(=O)O)C1. The standard InChI is InChI=1S/C19H28N2O3S/c1-2-21-11-10-14-15(12-21)25-18(17(14)19(23)24)20-16(22)9-8-13-6-4-3-5-7-13/h13H,2-12H2,1H3,(H,20,22)(H,23,24). The Morgan fingerprint density at radius 1 is 1.28 bits per heavy atom. The molecule has 0 spiro atoms. The average Bonchev–Trinajstić information content (AvgIpc) is 2.97. The highest BCUT2D eigenvalue weighted by Gasteiger charge is 2.28. The van der Waals surface area contributed by atoms with Gasteiger partial charge in [-0.3, -0.25) is 9.69 Å². The molecular formula is C19H28N2O3S. The summed E-state index contributed by atoms with van der Waals surface area (Å²) < 4.78 is 0. The minimum absolute atomic E-state index is 0.0426. The number of carbonyl (C=O) groups is 2. The predicted molar refractivity (Wildman–Crippen MR) is 100 cm³/mol. The topological polar surface area (TPSA) is 69.6 Å². The van der Waals surface area contributed by atoms with Crippen LogP contribution in [-0.4, -0.2) is 35.0 Å². The number of nitrogens with one attached hydrogen (secondary N) is 1. The zero-order valence-electron chi connectivity index (χ0n) is 15.0. The first-order chi connectivity index (χ1) is 12.1. The molecule has 0 aromatic carbocycles. The highest BCUT2D eigenvalue weighted by atomic mass is 32.1. The van der Waals surface area contributed by atoms with Crippen LogP contribution in [0.2, 0.25) is 0 Å². The molecule has 1 fully saturated rings. The first-order valence-corrected chi connectivity index (χ1v) is 10.3. The Kier molecular flexibility index (Phi) is 6.12. The maximum absolute atomic E-state index is 12.4. The number of hydrogen-bond acceptors (Lipinski definition) is 4. The molecule has 2 aliphatic rings. The molecule has 0 saturated heterocycles. The van der Waals surface area contributed by atoms with E-state index in [1.165, 1.54) is 43.4 Å². The summed E-state index contributed by atoms with van der Waals surface area (Å²) in [6, 6.07) is 0. The molecule has 3 rings (SSSR count). The molecule has 1 aliphatic heterocycles. The summed E-state index contributed by atoms with van der Waals surface area (Å²) in [5.41, 5.74) is 1.24. The van der Waals surface area contributed by atoms with Gasteiger partial charge in [0.2, 0.25) is 5.91 Å². The molecule has 1 aliphatic carbocycles. The third kappa shape index (κ3) is 4.42. The van der Waals surface area contributed by atoms with Crippen molar-refractivity contribution in [2.24, 2.45) is 5.92 Å². The van der Waals surface area contributed by atoms with Crippen LogP contribution in [0.15, 0.2) is 0 Å². The second kappa shape index (κ2) is 8.32. The van der Waals surface area contributed by atoms with E-state index < -0.39 is 5.97 Å². The Morgan fingerprint density at radius 2 is 2.04 bits per heavy atom. The highest BCUT2D eigenvalue weighted by molar-refractivity contribution is 7.17. The van der Waals surface area contributed by atoms with Crippen LogP contribution in [-0.2, 0) is 17.8 Å². The van der Waals surface area contributed by atoms with Crippen molar-refractivity contribution in [2.45, 2.75) is 64.8 Å². The fraction of sp³-hybridized carbons (Fsp3) is 0.684. The third-order valence-electron chi connectivity index (χ3n) is 5.55. The Morgan fingerprint density at radius 3 is 2.72 bits per heavy atom. The van der Waals surface area contributed by atoms with Gasteiger partial charge in [-0.05, 0) is 30.9 Å². The van der Waals surface area contributed by atoms with E-state index in [0.29, 0.717) is 22.9 Å². The van der Waals surface area contributed by atoms with Gasteiger partial charge in [-0.15, -0.1) is 11.3 Å². The number of rotatable bonds is 6. The number of nitrogens with zero attached hydrogens (tertiary/aromatic N) is 1. The molecule has 0 bridgehead atoms. The van der Waals surface area contributed by atoms with Crippen LogP contribution in [0.4, 0.5) is 5.00 Å². The molecule has 1 aromatic heterocycles. The number of thiophene rings is 1. The molecule has 25 heavy (non-hydrogen) atoms. The summed E-state index contributed by atoms with van der Waals surface area (Å²) >= 11 is 1.44. The maximum Gasteiger partial charge on any atom is 0.339 e. The average molecular weight is 365 g/mol. The van der Waals surface area contributed by atoms with Gasteiger partial charge in [0.1, 0.15) is 5.00 Å². The van der Waals surface area contributed by atoms with Crippen LogP contribution in [0.3, 0.4) is 0 Å². The summed E-state index contributed by atoms with van der Waals surface area (Å²) in [6.45, 7) is 4.75. The van der Waals surface area contributed by atoms with Crippen molar-refractivity contribution in [1.82, 2.24) is 4.90 Å². The van der Waals surface area contributed by atoms with Gasteiger partial charge in [0.15, 0.2) is 0 Å². The van der Waals surface area contributed by atoms with Gasteiger partial charge < -0.3 is 10.4 Å². The molecule has 6 heteroatoms. The predicted octanol–water partition coefficient (Wildman–Crippen LogP) is 4.12. The van der Waals surface area contributed by atoms with Gasteiger partial charge in [-0.2, -0.15) is 0 Å². The van der Waals surface area contributed by atoms with E-state index in [1.807, 2.05) is 0 Å². The lowest BCUT2D eigenvalue weighted by molar-refractivity contribution is -0.116. The molecule has 0 atom stereocenters. The highest BCUT2D eigenvalue weighted by Crippen LogP contribution is 2.37. The van der Waals surface area contributed by atoms with E-state index in [-0.39, 0.29) is 5.91 Å². The summed E-state index contributed by atoms with van der Waals surface area (Å²) in [7, 11) is 0. The zero-order valence-corrected chi connectivity index (χ0v) is 15.8. The van der Waals surface area contributed by atoms with Crippen LogP contribution in [0.5, 0.6) is 0 Å². The van der Waals surface area contributed by atoms with Crippen molar-refractivity contribution in [2.75, 3.05) is 18.4 Å². The van der Waals surface area contributed by atoms with E-state index in [9.17, 15) is 14.7 Å². The van der Waals surface area contributed by atoms with E-state index in [1.54, 1.807) is 0 Å². The van der Waals surface area contributed by atoms with Crippen LogP contribution in [0, 0.1) is 5.92 Å². The molecule has 2 heterocycles. The Labute approximate surface area is 153 Å². The lowest BCUT2D eigenvalue weighted by atomic mass is 9.86. The van der Waals surface area contributed by atoms with E-state index in [2.05, 4.69) is 17.1 Å².